The van der Waals surface area contributed by atoms with Crippen molar-refractivity contribution < 1.29 is 9.84 Å². The topological polar surface area (TPSA) is 93.3 Å². The van der Waals surface area contributed by atoms with Crippen molar-refractivity contribution in [1.82, 2.24) is 9.97 Å². The van der Waals surface area contributed by atoms with Crippen molar-refractivity contribution in [2.75, 3.05) is 24.3 Å². The Kier molecular flexibility index (Phi) is 3.89. The van der Waals surface area contributed by atoms with Crippen LogP contribution in [0.5, 0.6) is 5.88 Å². The summed E-state index contributed by atoms with van der Waals surface area (Å²) >= 11 is 0. The minimum atomic E-state index is -0.494. The quantitative estimate of drug-likeness (QED) is 0.682. The van der Waals surface area contributed by atoms with Gasteiger partial charge in [0.1, 0.15) is 12.0 Å². The molecule has 0 saturated heterocycles. The van der Waals surface area contributed by atoms with Gasteiger partial charge in [0.2, 0.25) is 5.88 Å². The fourth-order valence-electron chi connectivity index (χ4n) is 1.09. The molecule has 0 amide bonds. The van der Waals surface area contributed by atoms with Crippen LogP contribution in [-0.2, 0) is 0 Å². The summed E-state index contributed by atoms with van der Waals surface area (Å²) in [5.74, 6) is 0.825. The van der Waals surface area contributed by atoms with Crippen LogP contribution in [0.15, 0.2) is 6.33 Å². The van der Waals surface area contributed by atoms with Gasteiger partial charge in [0.05, 0.1) is 18.8 Å². The van der Waals surface area contributed by atoms with Crippen molar-refractivity contribution in [2.45, 2.75) is 26.3 Å². The van der Waals surface area contributed by atoms with E-state index in [0.717, 1.165) is 0 Å². The smallest absolute Gasteiger partial charge is 0.242 e. The molecule has 0 bridgehead atoms. The summed E-state index contributed by atoms with van der Waals surface area (Å²) in [6.45, 7) is 6.00. The Morgan fingerprint density at radius 2 is 2.19 bits per heavy atom. The Morgan fingerprint density at radius 1 is 1.50 bits per heavy atom. The molecule has 16 heavy (non-hydrogen) atoms. The fraction of sp³-hybridized carbons (Fsp3) is 0.600. The zero-order chi connectivity index (χ0) is 12.2. The number of nitrogens with one attached hydrogen (secondary N) is 1. The Hall–Kier alpha value is -1.56. The van der Waals surface area contributed by atoms with E-state index in [4.69, 9.17) is 15.6 Å². The van der Waals surface area contributed by atoms with Gasteiger partial charge < -0.3 is 20.9 Å². The van der Waals surface area contributed by atoms with Gasteiger partial charge >= 0.3 is 0 Å². The van der Waals surface area contributed by atoms with Gasteiger partial charge in [-0.15, -0.1) is 0 Å². The number of aromatic nitrogens is 2. The molecule has 0 aromatic carbocycles. The maximum Gasteiger partial charge on any atom is 0.242 e. The highest BCUT2D eigenvalue weighted by Crippen LogP contribution is 2.26. The molecule has 6 heteroatoms. The van der Waals surface area contributed by atoms with E-state index in [1.807, 2.05) is 20.8 Å². The first-order chi connectivity index (χ1) is 7.50. The summed E-state index contributed by atoms with van der Waals surface area (Å²) in [4.78, 5) is 7.94. The van der Waals surface area contributed by atoms with Gasteiger partial charge in [-0.3, -0.25) is 0 Å². The summed E-state index contributed by atoms with van der Waals surface area (Å²) in [5, 5.41) is 12.2. The number of rotatable bonds is 5. The molecule has 1 heterocycles. The third-order valence-corrected chi connectivity index (χ3v) is 1.98. The van der Waals surface area contributed by atoms with Crippen LogP contribution in [0.3, 0.4) is 0 Å². The molecule has 90 valence electrons. The Balaban J connectivity index is 2.93. The van der Waals surface area contributed by atoms with E-state index < -0.39 is 5.54 Å². The number of hydrogen-bond donors (Lipinski definition) is 3. The third kappa shape index (κ3) is 2.96. The van der Waals surface area contributed by atoms with Gasteiger partial charge in [0, 0.05) is 0 Å². The first-order valence-electron chi connectivity index (χ1n) is 5.12. The molecule has 0 fully saturated rings. The molecule has 4 N–H and O–H groups in total. The lowest BCUT2D eigenvalue weighted by Crippen LogP contribution is -2.35. The van der Waals surface area contributed by atoms with Crippen molar-refractivity contribution in [3.8, 4) is 5.88 Å². The van der Waals surface area contributed by atoms with Gasteiger partial charge in [0.15, 0.2) is 5.82 Å². The lowest BCUT2D eigenvalue weighted by molar-refractivity contribution is 0.234. The molecule has 0 spiro atoms. The number of nitrogens with zero attached hydrogens (tertiary/aromatic N) is 2. The monoisotopic (exact) mass is 226 g/mol. The third-order valence-electron chi connectivity index (χ3n) is 1.98. The number of ether oxygens (including phenoxy) is 1. The Morgan fingerprint density at radius 3 is 2.75 bits per heavy atom. The van der Waals surface area contributed by atoms with Crippen LogP contribution in [0.1, 0.15) is 20.8 Å². The summed E-state index contributed by atoms with van der Waals surface area (Å²) in [7, 11) is 0. The van der Waals surface area contributed by atoms with E-state index in [0.29, 0.717) is 24.0 Å². The molecule has 0 aliphatic rings. The maximum absolute atomic E-state index is 9.14. The highest BCUT2D eigenvalue weighted by atomic mass is 16.5. The van der Waals surface area contributed by atoms with E-state index in [9.17, 15) is 0 Å². The molecular weight excluding hydrogens is 208 g/mol. The predicted octanol–water partition coefficient (Wildman–Crippen LogP) is 0.640. The van der Waals surface area contributed by atoms with Crippen molar-refractivity contribution in [1.29, 1.82) is 0 Å². The molecule has 0 radical (unpaired) electrons. The minimum absolute atomic E-state index is 0.0274. The second kappa shape index (κ2) is 4.98. The van der Waals surface area contributed by atoms with Crippen LogP contribution in [-0.4, -0.2) is 33.8 Å². The maximum atomic E-state index is 9.14. The van der Waals surface area contributed by atoms with Gasteiger partial charge in [-0.2, -0.15) is 4.98 Å². The van der Waals surface area contributed by atoms with Gasteiger partial charge in [-0.25, -0.2) is 4.98 Å². The second-order valence-corrected chi connectivity index (χ2v) is 4.04. The molecular formula is C10H18N4O2. The van der Waals surface area contributed by atoms with Crippen molar-refractivity contribution in [2.24, 2.45) is 0 Å². The van der Waals surface area contributed by atoms with Crippen LogP contribution in [0.4, 0.5) is 11.5 Å². The summed E-state index contributed by atoms with van der Waals surface area (Å²) < 4.78 is 5.25. The Labute approximate surface area is 94.9 Å². The molecule has 0 aliphatic carbocycles. The second-order valence-electron chi connectivity index (χ2n) is 4.04. The summed E-state index contributed by atoms with van der Waals surface area (Å²) in [5.41, 5.74) is 5.70. The number of aliphatic hydroxyl groups is 1. The van der Waals surface area contributed by atoms with E-state index in [1.165, 1.54) is 6.33 Å². The molecule has 1 aromatic rings. The minimum Gasteiger partial charge on any atom is -0.476 e. The predicted molar refractivity (Wildman–Crippen MR) is 62.4 cm³/mol. The highest BCUT2D eigenvalue weighted by Gasteiger charge is 2.19. The van der Waals surface area contributed by atoms with Gasteiger partial charge in [-0.05, 0) is 20.8 Å². The largest absolute Gasteiger partial charge is 0.476 e. The van der Waals surface area contributed by atoms with Gasteiger partial charge in [0.25, 0.3) is 0 Å². The van der Waals surface area contributed by atoms with E-state index >= 15 is 0 Å². The number of nitrogen functional groups attached to an aromatic ring is 1. The van der Waals surface area contributed by atoms with Crippen molar-refractivity contribution >= 4 is 11.5 Å². The van der Waals surface area contributed by atoms with Crippen LogP contribution in [0.2, 0.25) is 0 Å². The first kappa shape index (κ1) is 12.5. The molecule has 6 nitrogen and oxygen atoms in total. The van der Waals surface area contributed by atoms with Crippen molar-refractivity contribution in [3.05, 3.63) is 6.33 Å². The zero-order valence-electron chi connectivity index (χ0n) is 9.82. The molecule has 0 atom stereocenters. The van der Waals surface area contributed by atoms with E-state index in [2.05, 4.69) is 15.3 Å². The summed E-state index contributed by atoms with van der Waals surface area (Å²) in [6, 6.07) is 0. The lowest BCUT2D eigenvalue weighted by atomic mass is 10.1. The molecule has 0 aliphatic heterocycles. The van der Waals surface area contributed by atoms with E-state index in [-0.39, 0.29) is 6.61 Å². The molecule has 1 rings (SSSR count). The average molecular weight is 226 g/mol. The number of nitrogens with two attached hydrogens (primary N) is 1. The molecule has 1 aromatic heterocycles. The SMILES string of the molecule is CCOc1ncnc(NC(C)(C)CO)c1N. The van der Waals surface area contributed by atoms with Gasteiger partial charge in [-0.1, -0.05) is 0 Å². The zero-order valence-corrected chi connectivity index (χ0v) is 9.82. The van der Waals surface area contributed by atoms with E-state index in [1.54, 1.807) is 0 Å². The molecule has 0 unspecified atom stereocenters. The van der Waals surface area contributed by atoms with Crippen LogP contribution < -0.4 is 15.8 Å². The fourth-order valence-corrected chi connectivity index (χ4v) is 1.09. The average Bonchev–Trinajstić information content (AvgIpc) is 2.24. The lowest BCUT2D eigenvalue weighted by Gasteiger charge is -2.25. The Bertz CT molecular complexity index is 355. The highest BCUT2D eigenvalue weighted by molar-refractivity contribution is 5.67. The molecule has 0 saturated carbocycles. The normalized spacial score (nSPS) is 11.2. The number of anilines is 2. The van der Waals surface area contributed by atoms with Crippen LogP contribution in [0, 0.1) is 0 Å². The van der Waals surface area contributed by atoms with Crippen LogP contribution in [0.25, 0.3) is 0 Å². The first-order valence-corrected chi connectivity index (χ1v) is 5.12. The van der Waals surface area contributed by atoms with Crippen LogP contribution >= 0.6 is 0 Å². The summed E-state index contributed by atoms with van der Waals surface area (Å²) in [6.07, 6.45) is 1.37. The van der Waals surface area contributed by atoms with Crippen molar-refractivity contribution in [3.63, 3.8) is 0 Å². The number of aliphatic hydroxyl groups excluding tert-OH is 1. The number of hydrogen-bond acceptors (Lipinski definition) is 6. The standard InChI is InChI=1S/C10H18N4O2/c1-4-16-9-7(11)8(12-6-13-9)14-10(2,3)5-15/h6,15H,4-5,11H2,1-3H3,(H,12,13,14).